The van der Waals surface area contributed by atoms with Gasteiger partial charge in [0.2, 0.25) is 0 Å². The highest BCUT2D eigenvalue weighted by Crippen LogP contribution is 2.18. The molecular weight excluding hydrogens is 321 g/mol. The standard InChI is InChI=1S/C14H20BNO8/c1-5-22-13(19)9-7-16(8-12(18)23-14(2,3)4)11(17)6-10(9)24-15(20)21/h6-7,20-21H,5,8H2,1-4H3. The van der Waals surface area contributed by atoms with E-state index in [9.17, 15) is 14.4 Å². The first kappa shape index (κ1) is 19.7. The number of carbonyl (C=O) groups is 2. The third kappa shape index (κ3) is 6.05. The summed E-state index contributed by atoms with van der Waals surface area (Å²) in [6.07, 6.45) is 1.04. The normalized spacial score (nSPS) is 10.9. The molecule has 0 aliphatic carbocycles. The number of esters is 2. The number of hydrogen-bond acceptors (Lipinski definition) is 8. The zero-order valence-electron chi connectivity index (χ0n) is 13.9. The highest BCUT2D eigenvalue weighted by Gasteiger charge is 2.23. The first-order valence-electron chi connectivity index (χ1n) is 7.19. The largest absolute Gasteiger partial charge is 0.707 e. The van der Waals surface area contributed by atoms with Crippen LogP contribution in [0, 0.1) is 0 Å². The van der Waals surface area contributed by atoms with E-state index in [1.165, 1.54) is 0 Å². The smallest absolute Gasteiger partial charge is 0.511 e. The van der Waals surface area contributed by atoms with E-state index < -0.39 is 37.0 Å². The Morgan fingerprint density at radius 1 is 1.29 bits per heavy atom. The van der Waals surface area contributed by atoms with Crippen LogP contribution < -0.4 is 10.2 Å². The van der Waals surface area contributed by atoms with Crippen LogP contribution in [0.5, 0.6) is 5.75 Å². The van der Waals surface area contributed by atoms with Gasteiger partial charge in [0.15, 0.2) is 0 Å². The Balaban J connectivity index is 3.18. The summed E-state index contributed by atoms with van der Waals surface area (Å²) in [5.41, 5.74) is -1.65. The SMILES string of the molecule is CCOC(=O)c1cn(CC(=O)OC(C)(C)C)c(=O)cc1OB(O)O. The van der Waals surface area contributed by atoms with Crippen LogP contribution in [0.1, 0.15) is 38.1 Å². The quantitative estimate of drug-likeness (QED) is 0.534. The molecule has 1 rings (SSSR count). The van der Waals surface area contributed by atoms with Gasteiger partial charge in [-0.25, -0.2) is 4.79 Å². The summed E-state index contributed by atoms with van der Waals surface area (Å²) >= 11 is 0. The van der Waals surface area contributed by atoms with Gasteiger partial charge in [0.05, 0.1) is 6.61 Å². The second-order valence-corrected chi connectivity index (χ2v) is 5.77. The average Bonchev–Trinajstić information content (AvgIpc) is 2.39. The van der Waals surface area contributed by atoms with Crippen molar-refractivity contribution < 1.29 is 33.8 Å². The molecule has 0 spiro atoms. The summed E-state index contributed by atoms with van der Waals surface area (Å²) in [5.74, 6) is -1.88. The van der Waals surface area contributed by atoms with Crippen molar-refractivity contribution in [2.75, 3.05) is 6.61 Å². The van der Waals surface area contributed by atoms with Crippen molar-refractivity contribution in [3.05, 3.63) is 28.2 Å². The number of pyridine rings is 1. The molecule has 0 aliphatic heterocycles. The van der Waals surface area contributed by atoms with E-state index in [2.05, 4.69) is 4.65 Å². The molecule has 0 atom stereocenters. The van der Waals surface area contributed by atoms with Gasteiger partial charge in [-0.15, -0.1) is 0 Å². The van der Waals surface area contributed by atoms with Crippen LogP contribution in [0.25, 0.3) is 0 Å². The molecule has 132 valence electrons. The lowest BCUT2D eigenvalue weighted by molar-refractivity contribution is -0.155. The molecule has 0 radical (unpaired) electrons. The summed E-state index contributed by atoms with van der Waals surface area (Å²) in [5, 5.41) is 17.7. The molecule has 0 saturated carbocycles. The third-order valence-electron chi connectivity index (χ3n) is 2.54. The number of nitrogens with zero attached hydrogens (tertiary/aromatic N) is 1. The second kappa shape index (κ2) is 7.98. The molecule has 0 fully saturated rings. The number of aromatic nitrogens is 1. The van der Waals surface area contributed by atoms with Crippen molar-refractivity contribution in [1.29, 1.82) is 0 Å². The van der Waals surface area contributed by atoms with Crippen molar-refractivity contribution in [3.63, 3.8) is 0 Å². The van der Waals surface area contributed by atoms with Gasteiger partial charge in [0, 0.05) is 12.3 Å². The maximum Gasteiger partial charge on any atom is 0.707 e. The Morgan fingerprint density at radius 3 is 2.42 bits per heavy atom. The summed E-state index contributed by atoms with van der Waals surface area (Å²) in [6.45, 7) is 6.25. The number of hydrogen-bond donors (Lipinski definition) is 2. The van der Waals surface area contributed by atoms with Crippen LogP contribution in [-0.4, -0.2) is 46.1 Å². The molecule has 1 heterocycles. The molecule has 1 aromatic rings. The molecule has 1 aromatic heterocycles. The zero-order chi connectivity index (χ0) is 18.5. The van der Waals surface area contributed by atoms with Gasteiger partial charge in [-0.3, -0.25) is 9.59 Å². The maximum atomic E-state index is 12.0. The molecule has 24 heavy (non-hydrogen) atoms. The van der Waals surface area contributed by atoms with E-state index in [1.807, 2.05) is 0 Å². The van der Waals surface area contributed by atoms with E-state index in [0.717, 1.165) is 16.8 Å². The van der Waals surface area contributed by atoms with Crippen LogP contribution >= 0.6 is 0 Å². The minimum Gasteiger partial charge on any atom is -0.511 e. The van der Waals surface area contributed by atoms with Gasteiger partial charge in [0.1, 0.15) is 23.5 Å². The molecule has 0 aliphatic rings. The van der Waals surface area contributed by atoms with Gasteiger partial charge in [0.25, 0.3) is 5.56 Å². The van der Waals surface area contributed by atoms with E-state index in [0.29, 0.717) is 0 Å². The Hall–Kier alpha value is -2.33. The van der Waals surface area contributed by atoms with E-state index >= 15 is 0 Å². The zero-order valence-corrected chi connectivity index (χ0v) is 13.9. The van der Waals surface area contributed by atoms with Gasteiger partial charge in [-0.1, -0.05) is 0 Å². The first-order chi connectivity index (χ1) is 11.0. The Labute approximate surface area is 138 Å². The summed E-state index contributed by atoms with van der Waals surface area (Å²) in [7, 11) is -2.22. The lowest BCUT2D eigenvalue weighted by Gasteiger charge is -2.20. The number of rotatable bonds is 6. The van der Waals surface area contributed by atoms with Crippen molar-refractivity contribution in [3.8, 4) is 5.75 Å². The van der Waals surface area contributed by atoms with Crippen molar-refractivity contribution in [2.45, 2.75) is 39.8 Å². The Kier molecular flexibility index (Phi) is 6.55. The summed E-state index contributed by atoms with van der Waals surface area (Å²) < 4.78 is 15.5. The van der Waals surface area contributed by atoms with Gasteiger partial charge in [-0.05, 0) is 27.7 Å². The molecule has 0 unspecified atom stereocenters. The highest BCUT2D eigenvalue weighted by atomic mass is 16.6. The fraction of sp³-hybridized carbons (Fsp3) is 0.500. The van der Waals surface area contributed by atoms with Gasteiger partial charge >= 0.3 is 19.3 Å². The fourth-order valence-corrected chi connectivity index (χ4v) is 1.77. The molecule has 0 saturated heterocycles. The number of ether oxygens (including phenoxy) is 2. The Morgan fingerprint density at radius 2 is 1.92 bits per heavy atom. The average molecular weight is 341 g/mol. The van der Waals surface area contributed by atoms with Crippen LogP contribution in [-0.2, 0) is 20.8 Å². The van der Waals surface area contributed by atoms with Crippen molar-refractivity contribution in [1.82, 2.24) is 4.57 Å². The Bertz CT molecular complexity index is 662. The van der Waals surface area contributed by atoms with Crippen LogP contribution in [0.2, 0.25) is 0 Å². The molecule has 0 aromatic carbocycles. The van der Waals surface area contributed by atoms with Crippen molar-refractivity contribution >= 4 is 19.3 Å². The van der Waals surface area contributed by atoms with Crippen LogP contribution in [0.4, 0.5) is 0 Å². The molecular formula is C14H20BNO8. The molecule has 2 N–H and O–H groups in total. The molecule has 0 bridgehead atoms. The second-order valence-electron chi connectivity index (χ2n) is 5.77. The van der Waals surface area contributed by atoms with E-state index in [1.54, 1.807) is 27.7 Å². The van der Waals surface area contributed by atoms with Crippen LogP contribution in [0.3, 0.4) is 0 Å². The molecule has 9 nitrogen and oxygen atoms in total. The van der Waals surface area contributed by atoms with Crippen molar-refractivity contribution in [2.24, 2.45) is 0 Å². The van der Waals surface area contributed by atoms with E-state index in [4.69, 9.17) is 19.5 Å². The maximum absolute atomic E-state index is 12.0. The predicted molar refractivity (Wildman–Crippen MR) is 83.3 cm³/mol. The molecule has 10 heteroatoms. The topological polar surface area (TPSA) is 124 Å². The lowest BCUT2D eigenvalue weighted by atomic mass is 10.2. The minimum absolute atomic E-state index is 0.0607. The lowest BCUT2D eigenvalue weighted by Crippen LogP contribution is -2.31. The fourth-order valence-electron chi connectivity index (χ4n) is 1.77. The monoisotopic (exact) mass is 341 g/mol. The minimum atomic E-state index is -2.22. The van der Waals surface area contributed by atoms with Crippen LogP contribution in [0.15, 0.2) is 17.1 Å². The van der Waals surface area contributed by atoms with E-state index in [-0.39, 0.29) is 17.9 Å². The summed E-state index contributed by atoms with van der Waals surface area (Å²) in [4.78, 5) is 35.8. The predicted octanol–water partition coefficient (Wildman–Crippen LogP) is -0.285. The third-order valence-corrected chi connectivity index (χ3v) is 2.54. The number of carbonyl (C=O) groups excluding carboxylic acids is 2. The van der Waals surface area contributed by atoms with Gasteiger partial charge < -0.3 is 28.7 Å². The first-order valence-corrected chi connectivity index (χ1v) is 7.19. The highest BCUT2D eigenvalue weighted by molar-refractivity contribution is 6.34. The molecule has 0 amide bonds. The van der Waals surface area contributed by atoms with Gasteiger partial charge in [-0.2, -0.15) is 0 Å². The summed E-state index contributed by atoms with van der Waals surface area (Å²) in [6, 6.07) is 0.857.